The lowest BCUT2D eigenvalue weighted by atomic mass is 10.1. The normalized spacial score (nSPS) is 13.4. The monoisotopic (exact) mass is 398 g/mol. The maximum Gasteiger partial charge on any atom is 0.274 e. The molecule has 0 spiro atoms. The number of amides is 3. The molecular formula is C18H14N4O7. The molecule has 11 heteroatoms. The Balaban J connectivity index is 2.05. The highest BCUT2D eigenvalue weighted by Crippen LogP contribution is 2.25. The average Bonchev–Trinajstić information content (AvgIpc) is 3.04. The van der Waals surface area contributed by atoms with Gasteiger partial charge in [-0.15, -0.1) is 0 Å². The third kappa shape index (κ3) is 3.93. The highest BCUT2D eigenvalue weighted by Gasteiger charge is 2.38. The van der Waals surface area contributed by atoms with Crippen LogP contribution in [-0.4, -0.2) is 37.6 Å². The number of carbonyl (C=O) groups is 3. The molecule has 0 aromatic heterocycles. The van der Waals surface area contributed by atoms with Gasteiger partial charge in [0.2, 0.25) is 11.8 Å². The first-order valence-corrected chi connectivity index (χ1v) is 8.44. The summed E-state index contributed by atoms with van der Waals surface area (Å²) in [6, 6.07) is 10.4. The van der Waals surface area contributed by atoms with Crippen molar-refractivity contribution >= 4 is 29.1 Å². The summed E-state index contributed by atoms with van der Waals surface area (Å²) in [5.74, 6) is -2.13. The molecule has 2 aromatic rings. The number of nitro benzene ring substituents is 2. The largest absolute Gasteiger partial charge is 0.274 e. The topological polar surface area (TPSA) is 144 Å². The van der Waals surface area contributed by atoms with Gasteiger partial charge < -0.3 is 0 Å². The lowest BCUT2D eigenvalue weighted by Gasteiger charge is -2.30. The van der Waals surface area contributed by atoms with Crippen LogP contribution >= 0.6 is 0 Å². The second kappa shape index (κ2) is 7.84. The molecule has 148 valence electrons. The maximum absolute atomic E-state index is 13.1. The van der Waals surface area contributed by atoms with Crippen LogP contribution in [0.4, 0.5) is 11.4 Å². The van der Waals surface area contributed by atoms with Gasteiger partial charge in [-0.2, -0.15) is 5.01 Å². The van der Waals surface area contributed by atoms with Crippen molar-refractivity contribution in [2.75, 3.05) is 0 Å². The number of benzene rings is 2. The fourth-order valence-corrected chi connectivity index (χ4v) is 2.95. The van der Waals surface area contributed by atoms with Gasteiger partial charge in [-0.3, -0.25) is 34.6 Å². The van der Waals surface area contributed by atoms with E-state index in [1.165, 1.54) is 42.5 Å². The molecule has 0 radical (unpaired) electrons. The maximum atomic E-state index is 13.1. The third-order valence-electron chi connectivity index (χ3n) is 4.31. The Hall–Kier alpha value is -4.15. The molecular weight excluding hydrogens is 384 g/mol. The van der Waals surface area contributed by atoms with E-state index in [0.717, 1.165) is 11.1 Å². The lowest BCUT2D eigenvalue weighted by Crippen LogP contribution is -2.49. The minimum atomic E-state index is -0.865. The Morgan fingerprint density at radius 3 is 2.24 bits per heavy atom. The van der Waals surface area contributed by atoms with Crippen LogP contribution < -0.4 is 0 Å². The first kappa shape index (κ1) is 19.6. The van der Waals surface area contributed by atoms with Crippen molar-refractivity contribution in [1.29, 1.82) is 0 Å². The van der Waals surface area contributed by atoms with E-state index in [2.05, 4.69) is 0 Å². The molecule has 0 bridgehead atoms. The van der Waals surface area contributed by atoms with Gasteiger partial charge in [0.1, 0.15) is 0 Å². The summed E-state index contributed by atoms with van der Waals surface area (Å²) in [7, 11) is 0. The molecule has 0 N–H and O–H groups in total. The summed E-state index contributed by atoms with van der Waals surface area (Å²) in [4.78, 5) is 58.5. The van der Waals surface area contributed by atoms with Gasteiger partial charge in [-0.05, 0) is 6.07 Å². The summed E-state index contributed by atoms with van der Waals surface area (Å²) in [6.45, 7) is -0.434. The Morgan fingerprint density at radius 1 is 0.966 bits per heavy atom. The molecule has 11 nitrogen and oxygen atoms in total. The molecule has 0 aliphatic carbocycles. The highest BCUT2D eigenvalue weighted by molar-refractivity contribution is 6.05. The minimum absolute atomic E-state index is 0.101. The lowest BCUT2D eigenvalue weighted by molar-refractivity contribution is -0.385. The van der Waals surface area contributed by atoms with Crippen LogP contribution in [0.15, 0.2) is 48.5 Å². The van der Waals surface area contributed by atoms with Crippen molar-refractivity contribution in [2.24, 2.45) is 0 Å². The summed E-state index contributed by atoms with van der Waals surface area (Å²) in [5.41, 5.74) is -0.668. The van der Waals surface area contributed by atoms with Crippen LogP contribution in [0, 0.1) is 20.2 Å². The van der Waals surface area contributed by atoms with Crippen molar-refractivity contribution in [1.82, 2.24) is 10.0 Å². The number of non-ortho nitro benzene ring substituents is 1. The molecule has 2 aromatic carbocycles. The number of rotatable bonds is 6. The number of hydrogen-bond donors (Lipinski definition) is 0. The summed E-state index contributed by atoms with van der Waals surface area (Å²) < 4.78 is 0. The standard InChI is InChI=1S/C18H14N4O7/c23-16-8-9-17(24)20(16)19(11-13-4-1-2-7-15(13)22(28)29)18(25)12-5-3-6-14(10-12)21(26)27/h1-7,10H,8-9,11H2. The van der Waals surface area contributed by atoms with E-state index in [-0.39, 0.29) is 35.3 Å². The molecule has 1 heterocycles. The number of carbonyl (C=O) groups excluding carboxylic acids is 3. The van der Waals surface area contributed by atoms with E-state index in [1.54, 1.807) is 0 Å². The van der Waals surface area contributed by atoms with Gasteiger partial charge in [0.25, 0.3) is 17.3 Å². The van der Waals surface area contributed by atoms with Gasteiger partial charge in [-0.1, -0.05) is 24.3 Å². The van der Waals surface area contributed by atoms with Crippen molar-refractivity contribution in [3.63, 3.8) is 0 Å². The van der Waals surface area contributed by atoms with E-state index in [4.69, 9.17) is 0 Å². The smallest absolute Gasteiger partial charge is 0.273 e. The molecule has 3 rings (SSSR count). The van der Waals surface area contributed by atoms with Crippen molar-refractivity contribution in [3.8, 4) is 0 Å². The molecule has 1 aliphatic heterocycles. The van der Waals surface area contributed by atoms with Crippen LogP contribution in [0.5, 0.6) is 0 Å². The van der Waals surface area contributed by atoms with E-state index < -0.39 is 34.1 Å². The number of nitro groups is 2. The van der Waals surface area contributed by atoms with Crippen LogP contribution in [0.1, 0.15) is 28.8 Å². The summed E-state index contributed by atoms with van der Waals surface area (Å²) in [6.07, 6.45) is -0.205. The van der Waals surface area contributed by atoms with Crippen molar-refractivity contribution in [3.05, 3.63) is 79.9 Å². The van der Waals surface area contributed by atoms with Crippen molar-refractivity contribution < 1.29 is 24.2 Å². The minimum Gasteiger partial charge on any atom is -0.273 e. The molecule has 3 amide bonds. The second-order valence-corrected chi connectivity index (χ2v) is 6.16. The SMILES string of the molecule is O=C(c1cccc([N+](=O)[O-])c1)N(Cc1ccccc1[N+](=O)[O-])N1C(=O)CCC1=O. The third-order valence-corrected chi connectivity index (χ3v) is 4.31. The molecule has 0 saturated carbocycles. The molecule has 0 atom stereocenters. The zero-order valence-electron chi connectivity index (χ0n) is 14.9. The number of para-hydroxylation sites is 1. The second-order valence-electron chi connectivity index (χ2n) is 6.16. The quantitative estimate of drug-likeness (QED) is 0.412. The first-order chi connectivity index (χ1) is 13.8. The number of hydrogen-bond acceptors (Lipinski definition) is 7. The van der Waals surface area contributed by atoms with Gasteiger partial charge in [0, 0.05) is 36.6 Å². The van der Waals surface area contributed by atoms with Gasteiger partial charge in [0.15, 0.2) is 0 Å². The summed E-state index contributed by atoms with van der Waals surface area (Å²) in [5, 5.41) is 23.7. The van der Waals surface area contributed by atoms with Crippen LogP contribution in [0.25, 0.3) is 0 Å². The molecule has 29 heavy (non-hydrogen) atoms. The van der Waals surface area contributed by atoms with Gasteiger partial charge >= 0.3 is 0 Å². The molecule has 0 unspecified atom stereocenters. The first-order valence-electron chi connectivity index (χ1n) is 8.44. The predicted octanol–water partition coefficient (Wildman–Crippen LogP) is 2.21. The highest BCUT2D eigenvalue weighted by atomic mass is 16.6. The van der Waals surface area contributed by atoms with Crippen LogP contribution in [0.3, 0.4) is 0 Å². The van der Waals surface area contributed by atoms with E-state index in [0.29, 0.717) is 5.01 Å². The van der Waals surface area contributed by atoms with Crippen LogP contribution in [0.2, 0.25) is 0 Å². The molecule has 1 aliphatic rings. The Bertz CT molecular complexity index is 1020. The molecule has 1 saturated heterocycles. The number of hydrazine groups is 1. The Kier molecular flexibility index (Phi) is 5.30. The van der Waals surface area contributed by atoms with E-state index >= 15 is 0 Å². The zero-order valence-corrected chi connectivity index (χ0v) is 14.9. The molecule has 1 fully saturated rings. The fraction of sp³-hybridized carbons (Fsp3) is 0.167. The predicted molar refractivity (Wildman–Crippen MR) is 97.2 cm³/mol. The van der Waals surface area contributed by atoms with Crippen molar-refractivity contribution in [2.45, 2.75) is 19.4 Å². The fourth-order valence-electron chi connectivity index (χ4n) is 2.95. The van der Waals surface area contributed by atoms with Crippen LogP contribution in [-0.2, 0) is 16.1 Å². The van der Waals surface area contributed by atoms with E-state index in [1.807, 2.05) is 0 Å². The summed E-state index contributed by atoms with van der Waals surface area (Å²) >= 11 is 0. The van der Waals surface area contributed by atoms with E-state index in [9.17, 15) is 34.6 Å². The number of imide groups is 1. The van der Waals surface area contributed by atoms with Gasteiger partial charge in [-0.25, -0.2) is 5.01 Å². The number of nitrogens with zero attached hydrogens (tertiary/aromatic N) is 4. The average molecular weight is 398 g/mol. The Morgan fingerprint density at radius 2 is 1.62 bits per heavy atom. The zero-order chi connectivity index (χ0) is 21.1. The Labute approximate surface area is 163 Å². The van der Waals surface area contributed by atoms with Gasteiger partial charge in [0.05, 0.1) is 22.0 Å².